The van der Waals surface area contributed by atoms with Crippen LogP contribution in [0.15, 0.2) is 152 Å². The molecule has 0 bridgehead atoms. The minimum absolute atomic E-state index is 0.537. The van der Waals surface area contributed by atoms with Crippen molar-refractivity contribution >= 4 is 49.3 Å². The Morgan fingerprint density at radius 2 is 1.02 bits per heavy atom. The van der Waals surface area contributed by atoms with Crippen LogP contribution < -0.4 is 0 Å². The Morgan fingerprint density at radius 1 is 0.460 bits per heavy atom. The summed E-state index contributed by atoms with van der Waals surface area (Å²) in [6.45, 7) is 8.14. The molecule has 7 aromatic carbocycles. The van der Waals surface area contributed by atoms with Gasteiger partial charge in [-0.1, -0.05) is 97.1 Å². The first-order valence-electron chi connectivity index (χ1n) is 16.3. The molecule has 50 heavy (non-hydrogen) atoms. The standard InChI is InChI=1S/C45H25N5/c1-48-39-22-21-30(25-37(39)35-12-4-8-16-42(35)49-40-14-6-2-10-33(40)34-11-3-7-15-41(34)49)31-19-20-32(28-47)45(26-31)50-43-17-9-5-13-36(43)38-24-29(27-46)18-23-44(38)50/h2-26H. The van der Waals surface area contributed by atoms with Gasteiger partial charge in [0.2, 0.25) is 0 Å². The third-order valence-electron chi connectivity index (χ3n) is 9.63. The van der Waals surface area contributed by atoms with Gasteiger partial charge >= 0.3 is 0 Å². The highest BCUT2D eigenvalue weighted by Gasteiger charge is 2.19. The molecule has 0 spiro atoms. The van der Waals surface area contributed by atoms with Crippen LogP contribution in [0.5, 0.6) is 0 Å². The third kappa shape index (κ3) is 4.31. The maximum Gasteiger partial charge on any atom is 0.195 e. The number of rotatable bonds is 4. The Hall–Kier alpha value is -7.39. The molecule has 0 N–H and O–H groups in total. The summed E-state index contributed by atoms with van der Waals surface area (Å²) in [5.41, 5.74) is 11.2. The highest BCUT2D eigenvalue weighted by atomic mass is 15.0. The zero-order chi connectivity index (χ0) is 33.8. The largest absolute Gasteiger partial charge is 0.309 e. The molecule has 2 heterocycles. The van der Waals surface area contributed by atoms with Gasteiger partial charge in [0.25, 0.3) is 0 Å². The fraction of sp³-hybridized carbons (Fsp3) is 0. The maximum absolute atomic E-state index is 10.3. The van der Waals surface area contributed by atoms with Gasteiger partial charge < -0.3 is 9.13 Å². The number of hydrogen-bond donors (Lipinski definition) is 0. The van der Waals surface area contributed by atoms with Crippen LogP contribution in [0.4, 0.5) is 5.69 Å². The van der Waals surface area contributed by atoms with E-state index < -0.39 is 0 Å². The molecule has 0 atom stereocenters. The van der Waals surface area contributed by atoms with E-state index in [1.807, 2.05) is 72.8 Å². The maximum atomic E-state index is 10.3. The molecule has 5 nitrogen and oxygen atoms in total. The molecule has 0 aliphatic heterocycles. The van der Waals surface area contributed by atoms with E-state index in [-0.39, 0.29) is 0 Å². The first-order valence-corrected chi connectivity index (χ1v) is 16.3. The SMILES string of the molecule is [C-]#[N+]c1ccc(-c2ccc(C#N)c(-n3c4ccccc4c4cc(C#N)ccc43)c2)cc1-c1ccccc1-n1c2ccccc2c2ccccc21. The Balaban J connectivity index is 1.26. The van der Waals surface area contributed by atoms with Crippen molar-refractivity contribution in [2.75, 3.05) is 0 Å². The zero-order valence-corrected chi connectivity index (χ0v) is 26.7. The number of aromatic nitrogens is 2. The van der Waals surface area contributed by atoms with Crippen molar-refractivity contribution in [1.82, 2.24) is 9.13 Å². The van der Waals surface area contributed by atoms with E-state index in [1.165, 1.54) is 10.8 Å². The number of fused-ring (bicyclic) bond motifs is 6. The van der Waals surface area contributed by atoms with Crippen molar-refractivity contribution in [3.8, 4) is 45.8 Å². The number of nitrogens with zero attached hydrogens (tertiary/aromatic N) is 5. The molecule has 9 rings (SSSR count). The minimum atomic E-state index is 0.537. The van der Waals surface area contributed by atoms with Crippen molar-refractivity contribution in [3.63, 3.8) is 0 Å². The van der Waals surface area contributed by atoms with Gasteiger partial charge in [-0.05, 0) is 76.9 Å². The highest BCUT2D eigenvalue weighted by molar-refractivity contribution is 6.11. The van der Waals surface area contributed by atoms with Gasteiger partial charge in [-0.3, -0.25) is 0 Å². The molecule has 0 amide bonds. The third-order valence-corrected chi connectivity index (χ3v) is 9.63. The van der Waals surface area contributed by atoms with E-state index in [1.54, 1.807) is 0 Å². The number of para-hydroxylation sites is 4. The summed E-state index contributed by atoms with van der Waals surface area (Å²) in [7, 11) is 0. The smallest absolute Gasteiger partial charge is 0.195 e. The van der Waals surface area contributed by atoms with E-state index in [0.29, 0.717) is 16.8 Å². The minimum Gasteiger partial charge on any atom is -0.309 e. The lowest BCUT2D eigenvalue weighted by Crippen LogP contribution is -1.99. The molecule has 0 radical (unpaired) electrons. The summed E-state index contributed by atoms with van der Waals surface area (Å²) in [5, 5.41) is 24.2. The summed E-state index contributed by atoms with van der Waals surface area (Å²) in [6, 6.07) is 55.4. The molecule has 0 fully saturated rings. The van der Waals surface area contributed by atoms with Crippen LogP contribution in [0.3, 0.4) is 0 Å². The zero-order valence-electron chi connectivity index (χ0n) is 26.7. The summed E-state index contributed by atoms with van der Waals surface area (Å²) < 4.78 is 4.40. The van der Waals surface area contributed by atoms with Crippen molar-refractivity contribution in [1.29, 1.82) is 10.5 Å². The molecule has 0 aliphatic carbocycles. The lowest BCUT2D eigenvalue weighted by molar-refractivity contribution is 1.17. The van der Waals surface area contributed by atoms with Gasteiger partial charge in [0.1, 0.15) is 6.07 Å². The predicted octanol–water partition coefficient (Wildman–Crippen LogP) is 11.5. The van der Waals surface area contributed by atoms with Gasteiger partial charge in [-0.15, -0.1) is 0 Å². The lowest BCUT2D eigenvalue weighted by Gasteiger charge is -2.17. The summed E-state index contributed by atoms with van der Waals surface area (Å²) in [4.78, 5) is 3.97. The molecule has 0 saturated carbocycles. The van der Waals surface area contributed by atoms with E-state index in [9.17, 15) is 10.5 Å². The Bertz CT molecular complexity index is 2920. The molecule has 5 heteroatoms. The number of nitriles is 2. The average Bonchev–Trinajstić information content (AvgIpc) is 3.70. The van der Waals surface area contributed by atoms with Crippen LogP contribution in [0.25, 0.3) is 82.1 Å². The van der Waals surface area contributed by atoms with Crippen molar-refractivity contribution in [2.24, 2.45) is 0 Å². The molecule has 0 saturated heterocycles. The van der Waals surface area contributed by atoms with E-state index >= 15 is 0 Å². The second-order valence-electron chi connectivity index (χ2n) is 12.3. The van der Waals surface area contributed by atoms with Gasteiger partial charge in [0, 0.05) is 21.5 Å². The van der Waals surface area contributed by atoms with Gasteiger partial charge in [0.15, 0.2) is 5.69 Å². The fourth-order valence-corrected chi connectivity index (χ4v) is 7.40. The van der Waals surface area contributed by atoms with Crippen LogP contribution in [0.1, 0.15) is 11.1 Å². The molecule has 0 aliphatic rings. The molecule has 2 aromatic heterocycles. The Kier molecular flexibility index (Phi) is 6.56. The first kappa shape index (κ1) is 28.8. The quantitative estimate of drug-likeness (QED) is 0.181. The Morgan fingerprint density at radius 3 is 1.68 bits per heavy atom. The van der Waals surface area contributed by atoms with Crippen LogP contribution >= 0.6 is 0 Å². The highest BCUT2D eigenvalue weighted by Crippen LogP contribution is 2.42. The van der Waals surface area contributed by atoms with E-state index in [4.69, 9.17) is 6.57 Å². The Labute approximate surface area is 288 Å². The number of hydrogen-bond acceptors (Lipinski definition) is 2. The summed E-state index contributed by atoms with van der Waals surface area (Å²) in [5.74, 6) is 0. The summed E-state index contributed by atoms with van der Waals surface area (Å²) in [6.07, 6.45) is 0. The molecule has 9 aromatic rings. The van der Waals surface area contributed by atoms with Crippen LogP contribution in [0.2, 0.25) is 0 Å². The van der Waals surface area contributed by atoms with Gasteiger partial charge in [-0.2, -0.15) is 10.5 Å². The van der Waals surface area contributed by atoms with Crippen molar-refractivity contribution in [3.05, 3.63) is 174 Å². The van der Waals surface area contributed by atoms with E-state index in [0.717, 1.165) is 66.5 Å². The lowest BCUT2D eigenvalue weighted by atomic mass is 9.95. The molecular weight excluding hydrogens is 611 g/mol. The second-order valence-corrected chi connectivity index (χ2v) is 12.3. The van der Waals surface area contributed by atoms with Crippen LogP contribution in [0, 0.1) is 29.2 Å². The fourth-order valence-electron chi connectivity index (χ4n) is 7.40. The summed E-state index contributed by atoms with van der Waals surface area (Å²) >= 11 is 0. The van der Waals surface area contributed by atoms with Crippen molar-refractivity contribution < 1.29 is 0 Å². The topological polar surface area (TPSA) is 61.8 Å². The van der Waals surface area contributed by atoms with Crippen LogP contribution in [-0.4, -0.2) is 9.13 Å². The number of benzene rings is 7. The normalized spacial score (nSPS) is 11.1. The molecular formula is C45H25N5. The molecule has 230 valence electrons. The van der Waals surface area contributed by atoms with Crippen molar-refractivity contribution in [2.45, 2.75) is 0 Å². The van der Waals surface area contributed by atoms with Crippen LogP contribution in [-0.2, 0) is 0 Å². The van der Waals surface area contributed by atoms with E-state index in [2.05, 4.69) is 105 Å². The van der Waals surface area contributed by atoms with Gasteiger partial charge in [-0.25, -0.2) is 4.85 Å². The second kappa shape index (κ2) is 11.4. The predicted molar refractivity (Wildman–Crippen MR) is 202 cm³/mol. The molecule has 0 unspecified atom stereocenters. The first-order chi connectivity index (χ1) is 24.7. The monoisotopic (exact) mass is 635 g/mol. The van der Waals surface area contributed by atoms with Gasteiger partial charge in [0.05, 0.1) is 57.2 Å². The average molecular weight is 636 g/mol.